The second-order valence-electron chi connectivity index (χ2n) is 7.50. The van der Waals surface area contributed by atoms with Crippen LogP contribution in [0.5, 0.6) is 5.75 Å². The average molecular weight is 460 g/mol. The quantitative estimate of drug-likeness (QED) is 0.713. The van der Waals surface area contributed by atoms with Crippen molar-refractivity contribution in [3.05, 3.63) is 75.8 Å². The van der Waals surface area contributed by atoms with Gasteiger partial charge in [-0.05, 0) is 36.8 Å². The largest absolute Gasteiger partial charge is 0.494 e. The minimum atomic E-state index is -4.47. The standard InChI is InChI=1S/C23H19F3N2O3S/c1-2-31-17-9-7-15(8-10-17)22(30)13-32-21-19(12-27)18(11-20(29)28(21)22)14-3-5-16(6-4-14)23(24,25)26/h3-10,18,30H,2,11,13H2,1H3/t18-,22-/m1/s1. The predicted octanol–water partition coefficient (Wildman–Crippen LogP) is 4.75. The van der Waals surface area contributed by atoms with Crippen LogP contribution in [0, 0.1) is 11.3 Å². The summed E-state index contributed by atoms with van der Waals surface area (Å²) < 4.78 is 44.1. The van der Waals surface area contributed by atoms with Gasteiger partial charge in [0.25, 0.3) is 0 Å². The highest BCUT2D eigenvalue weighted by atomic mass is 32.2. The van der Waals surface area contributed by atoms with Crippen LogP contribution in [0.25, 0.3) is 0 Å². The number of ether oxygens (including phenoxy) is 1. The van der Waals surface area contributed by atoms with Crippen molar-refractivity contribution in [1.82, 2.24) is 4.90 Å². The van der Waals surface area contributed by atoms with E-state index >= 15 is 0 Å². The van der Waals surface area contributed by atoms with Crippen molar-refractivity contribution in [1.29, 1.82) is 5.26 Å². The first-order chi connectivity index (χ1) is 15.2. The molecule has 0 spiro atoms. The summed E-state index contributed by atoms with van der Waals surface area (Å²) >= 11 is 1.19. The van der Waals surface area contributed by atoms with E-state index in [1.807, 2.05) is 6.92 Å². The van der Waals surface area contributed by atoms with Crippen molar-refractivity contribution in [2.24, 2.45) is 0 Å². The fourth-order valence-corrected chi connectivity index (χ4v) is 5.37. The number of carbonyl (C=O) groups is 1. The third-order valence-electron chi connectivity index (χ3n) is 5.58. The zero-order chi connectivity index (χ0) is 23.1. The Labute approximate surface area is 187 Å². The Morgan fingerprint density at radius 3 is 2.44 bits per heavy atom. The lowest BCUT2D eigenvalue weighted by Gasteiger charge is -2.38. The molecule has 2 aliphatic heterocycles. The maximum absolute atomic E-state index is 13.1. The molecule has 4 rings (SSSR count). The molecule has 1 fully saturated rings. The van der Waals surface area contributed by atoms with E-state index in [0.717, 1.165) is 12.1 Å². The topological polar surface area (TPSA) is 73.6 Å². The Kier molecular flexibility index (Phi) is 5.69. The maximum Gasteiger partial charge on any atom is 0.416 e. The molecule has 0 unspecified atom stereocenters. The lowest BCUT2D eigenvalue weighted by atomic mass is 9.85. The van der Waals surface area contributed by atoms with E-state index in [4.69, 9.17) is 4.74 Å². The highest BCUT2D eigenvalue weighted by molar-refractivity contribution is 8.03. The summed E-state index contributed by atoms with van der Waals surface area (Å²) in [5, 5.41) is 21.6. The Bertz CT molecular complexity index is 1110. The maximum atomic E-state index is 13.1. The van der Waals surface area contributed by atoms with Crippen LogP contribution in [-0.4, -0.2) is 28.3 Å². The second kappa shape index (κ2) is 8.19. The van der Waals surface area contributed by atoms with Gasteiger partial charge >= 0.3 is 6.18 Å². The van der Waals surface area contributed by atoms with Crippen molar-refractivity contribution < 1.29 is 27.8 Å². The van der Waals surface area contributed by atoms with E-state index in [-0.39, 0.29) is 17.7 Å². The molecule has 2 atom stereocenters. The van der Waals surface area contributed by atoms with Gasteiger partial charge in [-0.3, -0.25) is 9.69 Å². The van der Waals surface area contributed by atoms with Gasteiger partial charge in [0, 0.05) is 17.9 Å². The molecule has 9 heteroatoms. The number of carbonyl (C=O) groups excluding carboxylic acids is 1. The zero-order valence-electron chi connectivity index (χ0n) is 17.0. The SMILES string of the molecule is CCOc1ccc([C@]2(O)CSC3=C(C#N)[C@@H](c4ccc(C(F)(F)F)cc4)CC(=O)N32)cc1. The normalized spacial score (nSPS) is 23.2. The molecule has 2 aromatic carbocycles. The highest BCUT2D eigenvalue weighted by Gasteiger charge is 2.51. The van der Waals surface area contributed by atoms with Gasteiger partial charge in [-0.15, -0.1) is 11.8 Å². The molecule has 32 heavy (non-hydrogen) atoms. The summed E-state index contributed by atoms with van der Waals surface area (Å²) in [5.74, 6) is -0.305. The molecule has 2 aromatic rings. The first kappa shape index (κ1) is 22.2. The lowest BCUT2D eigenvalue weighted by molar-refractivity contribution is -0.149. The number of hydrogen-bond acceptors (Lipinski definition) is 5. The summed E-state index contributed by atoms with van der Waals surface area (Å²) in [5.41, 5.74) is -1.23. The summed E-state index contributed by atoms with van der Waals surface area (Å²) in [6.45, 7) is 2.35. The molecule has 0 aliphatic carbocycles. The van der Waals surface area contributed by atoms with Gasteiger partial charge in [0.1, 0.15) is 5.75 Å². The number of hydrogen-bond donors (Lipinski definition) is 1. The lowest BCUT2D eigenvalue weighted by Crippen LogP contribution is -2.48. The van der Waals surface area contributed by atoms with Crippen molar-refractivity contribution in [3.63, 3.8) is 0 Å². The summed E-state index contributed by atoms with van der Waals surface area (Å²) in [6.07, 6.45) is -4.60. The number of nitriles is 1. The third-order valence-corrected chi connectivity index (χ3v) is 6.80. The summed E-state index contributed by atoms with van der Waals surface area (Å²) in [7, 11) is 0. The van der Waals surface area contributed by atoms with Crippen molar-refractivity contribution in [3.8, 4) is 11.8 Å². The second-order valence-corrected chi connectivity index (χ2v) is 8.46. The molecule has 0 aromatic heterocycles. The number of amides is 1. The number of benzene rings is 2. The number of rotatable bonds is 4. The van der Waals surface area contributed by atoms with Gasteiger partial charge < -0.3 is 9.84 Å². The number of alkyl halides is 3. The summed E-state index contributed by atoms with van der Waals surface area (Å²) in [4.78, 5) is 14.4. The first-order valence-electron chi connectivity index (χ1n) is 9.92. The van der Waals surface area contributed by atoms with Gasteiger partial charge in [0.05, 0.1) is 34.6 Å². The van der Waals surface area contributed by atoms with Crippen LogP contribution in [0.1, 0.15) is 36.0 Å². The van der Waals surface area contributed by atoms with Crippen molar-refractivity contribution in [2.45, 2.75) is 31.2 Å². The molecule has 2 heterocycles. The highest BCUT2D eigenvalue weighted by Crippen LogP contribution is 2.51. The minimum absolute atomic E-state index is 0.127. The van der Waals surface area contributed by atoms with Crippen LogP contribution in [0.4, 0.5) is 13.2 Å². The van der Waals surface area contributed by atoms with E-state index in [0.29, 0.717) is 28.5 Å². The molecular formula is C23H19F3N2O3S. The monoisotopic (exact) mass is 460 g/mol. The molecular weight excluding hydrogens is 441 g/mol. The van der Waals surface area contributed by atoms with Gasteiger partial charge in [-0.2, -0.15) is 18.4 Å². The number of aliphatic hydroxyl groups is 1. The van der Waals surface area contributed by atoms with E-state index in [1.54, 1.807) is 24.3 Å². The van der Waals surface area contributed by atoms with Gasteiger partial charge in [0.15, 0.2) is 5.72 Å². The number of nitrogens with zero attached hydrogens (tertiary/aromatic N) is 2. The molecule has 166 valence electrons. The number of allylic oxidation sites excluding steroid dienone is 1. The molecule has 0 bridgehead atoms. The van der Waals surface area contributed by atoms with Crippen molar-refractivity contribution in [2.75, 3.05) is 12.4 Å². The summed E-state index contributed by atoms with van der Waals surface area (Å²) in [6, 6.07) is 13.4. The van der Waals surface area contributed by atoms with Crippen LogP contribution in [0.3, 0.4) is 0 Å². The third kappa shape index (κ3) is 3.74. The van der Waals surface area contributed by atoms with Crippen LogP contribution >= 0.6 is 11.8 Å². The van der Waals surface area contributed by atoms with Crippen LogP contribution in [0.2, 0.25) is 0 Å². The van der Waals surface area contributed by atoms with E-state index < -0.39 is 29.3 Å². The van der Waals surface area contributed by atoms with Gasteiger partial charge in [-0.25, -0.2) is 0 Å². The Hall–Kier alpha value is -2.96. The van der Waals surface area contributed by atoms with Crippen LogP contribution < -0.4 is 4.74 Å². The Morgan fingerprint density at radius 1 is 1.22 bits per heavy atom. The van der Waals surface area contributed by atoms with E-state index in [9.17, 15) is 28.3 Å². The molecule has 0 saturated carbocycles. The number of halogens is 3. The molecule has 1 amide bonds. The first-order valence-corrected chi connectivity index (χ1v) is 10.9. The van der Waals surface area contributed by atoms with Gasteiger partial charge in [0.2, 0.25) is 5.91 Å². The van der Waals surface area contributed by atoms with E-state index in [1.165, 1.54) is 28.8 Å². The smallest absolute Gasteiger partial charge is 0.416 e. The van der Waals surface area contributed by atoms with Gasteiger partial charge in [-0.1, -0.05) is 24.3 Å². The Morgan fingerprint density at radius 2 is 1.88 bits per heavy atom. The van der Waals surface area contributed by atoms with Crippen LogP contribution in [-0.2, 0) is 16.7 Å². The number of thioether (sulfide) groups is 1. The fourth-order valence-electron chi connectivity index (χ4n) is 4.01. The minimum Gasteiger partial charge on any atom is -0.494 e. The van der Waals surface area contributed by atoms with Crippen molar-refractivity contribution >= 4 is 17.7 Å². The predicted molar refractivity (Wildman–Crippen MR) is 112 cm³/mol. The fraction of sp³-hybridized carbons (Fsp3) is 0.304. The number of fused-ring (bicyclic) bond motifs is 1. The molecule has 1 N–H and O–H groups in total. The molecule has 0 radical (unpaired) electrons. The van der Waals surface area contributed by atoms with Crippen LogP contribution in [0.15, 0.2) is 59.1 Å². The molecule has 1 saturated heterocycles. The van der Waals surface area contributed by atoms with E-state index in [2.05, 4.69) is 6.07 Å². The zero-order valence-corrected chi connectivity index (χ0v) is 17.8. The Balaban J connectivity index is 1.70. The average Bonchev–Trinajstić information content (AvgIpc) is 3.13. The molecule has 5 nitrogen and oxygen atoms in total. The molecule has 2 aliphatic rings.